The van der Waals surface area contributed by atoms with Crippen molar-refractivity contribution < 1.29 is 4.79 Å². The van der Waals surface area contributed by atoms with Gasteiger partial charge in [-0.3, -0.25) is 0 Å². The van der Waals surface area contributed by atoms with Crippen LogP contribution in [0, 0.1) is 5.92 Å². The Kier molecular flexibility index (Phi) is 5.01. The molecule has 2 amide bonds. The van der Waals surface area contributed by atoms with E-state index in [4.69, 9.17) is 0 Å². The Morgan fingerprint density at radius 2 is 2.30 bits per heavy atom. The number of benzene rings is 1. The molecule has 1 heterocycles. The van der Waals surface area contributed by atoms with Gasteiger partial charge >= 0.3 is 6.03 Å². The molecule has 0 saturated carbocycles. The Balaban J connectivity index is 1.99. The first-order valence-corrected chi connectivity index (χ1v) is 7.49. The smallest absolute Gasteiger partial charge is 0.321 e. The average molecular weight is 275 g/mol. The Morgan fingerprint density at radius 1 is 1.50 bits per heavy atom. The molecule has 1 aliphatic heterocycles. The third-order valence-corrected chi connectivity index (χ3v) is 3.86. The molecule has 1 aromatic carbocycles. The van der Waals surface area contributed by atoms with Crippen LogP contribution >= 0.6 is 0 Å². The normalized spacial score (nSPS) is 19.9. The fourth-order valence-corrected chi connectivity index (χ4v) is 2.63. The number of rotatable bonds is 4. The van der Waals surface area contributed by atoms with E-state index in [0.29, 0.717) is 12.0 Å². The van der Waals surface area contributed by atoms with Gasteiger partial charge in [0.2, 0.25) is 0 Å². The van der Waals surface area contributed by atoms with E-state index in [1.165, 1.54) is 5.56 Å². The average Bonchev–Trinajstić information content (AvgIpc) is 2.86. The van der Waals surface area contributed by atoms with Gasteiger partial charge in [-0.25, -0.2) is 4.79 Å². The zero-order valence-corrected chi connectivity index (χ0v) is 12.6. The van der Waals surface area contributed by atoms with Gasteiger partial charge in [0.05, 0.1) is 0 Å². The highest BCUT2D eigenvalue weighted by molar-refractivity contribution is 5.89. The number of amides is 2. The van der Waals surface area contributed by atoms with Gasteiger partial charge < -0.3 is 15.5 Å². The van der Waals surface area contributed by atoms with Crippen LogP contribution in [0.25, 0.3) is 0 Å². The lowest BCUT2D eigenvalue weighted by Gasteiger charge is -2.18. The highest BCUT2D eigenvalue weighted by Gasteiger charge is 2.23. The number of carbonyl (C=O) groups is 1. The summed E-state index contributed by atoms with van der Waals surface area (Å²) in [5.74, 6) is 0.612. The van der Waals surface area contributed by atoms with Crippen LogP contribution in [0.1, 0.15) is 38.8 Å². The molecule has 1 aromatic rings. The van der Waals surface area contributed by atoms with Crippen LogP contribution in [0.15, 0.2) is 24.3 Å². The van der Waals surface area contributed by atoms with Crippen molar-refractivity contribution in [3.05, 3.63) is 29.8 Å². The summed E-state index contributed by atoms with van der Waals surface area (Å²) in [4.78, 5) is 14.1. The first-order valence-electron chi connectivity index (χ1n) is 7.49. The van der Waals surface area contributed by atoms with E-state index in [1.807, 2.05) is 23.1 Å². The second-order valence-electron chi connectivity index (χ2n) is 5.67. The summed E-state index contributed by atoms with van der Waals surface area (Å²) in [6.07, 6.45) is 1.10. The van der Waals surface area contributed by atoms with Crippen molar-refractivity contribution in [1.29, 1.82) is 0 Å². The van der Waals surface area contributed by atoms with E-state index in [-0.39, 0.29) is 6.03 Å². The third-order valence-electron chi connectivity index (χ3n) is 3.86. The van der Waals surface area contributed by atoms with E-state index >= 15 is 0 Å². The van der Waals surface area contributed by atoms with E-state index < -0.39 is 0 Å². The summed E-state index contributed by atoms with van der Waals surface area (Å²) in [5, 5.41) is 6.38. The highest BCUT2D eigenvalue weighted by Crippen LogP contribution is 2.19. The van der Waals surface area contributed by atoms with Crippen molar-refractivity contribution in [3.8, 4) is 0 Å². The highest BCUT2D eigenvalue weighted by atomic mass is 16.2. The molecular weight excluding hydrogens is 250 g/mol. The van der Waals surface area contributed by atoms with Gasteiger partial charge in [-0.05, 0) is 43.5 Å². The minimum Gasteiger partial charge on any atom is -0.324 e. The van der Waals surface area contributed by atoms with Gasteiger partial charge in [0, 0.05) is 24.8 Å². The summed E-state index contributed by atoms with van der Waals surface area (Å²) in [7, 11) is 0. The van der Waals surface area contributed by atoms with Crippen LogP contribution in [-0.2, 0) is 0 Å². The fraction of sp³-hybridized carbons (Fsp3) is 0.562. The van der Waals surface area contributed by atoms with Gasteiger partial charge in [-0.2, -0.15) is 0 Å². The minimum absolute atomic E-state index is 0.0163. The number of carbonyl (C=O) groups excluding carboxylic acids is 1. The molecule has 0 aromatic heterocycles. The molecule has 20 heavy (non-hydrogen) atoms. The second-order valence-corrected chi connectivity index (χ2v) is 5.67. The lowest BCUT2D eigenvalue weighted by atomic mass is 10.1. The monoisotopic (exact) mass is 275 g/mol. The molecule has 1 fully saturated rings. The van der Waals surface area contributed by atoms with Gasteiger partial charge in [0.1, 0.15) is 0 Å². The van der Waals surface area contributed by atoms with Crippen molar-refractivity contribution in [2.45, 2.75) is 33.2 Å². The van der Waals surface area contributed by atoms with Crippen LogP contribution in [-0.4, -0.2) is 30.6 Å². The van der Waals surface area contributed by atoms with Crippen molar-refractivity contribution in [3.63, 3.8) is 0 Å². The van der Waals surface area contributed by atoms with E-state index in [0.717, 1.165) is 31.7 Å². The zero-order chi connectivity index (χ0) is 14.5. The Bertz CT molecular complexity index is 461. The van der Waals surface area contributed by atoms with Crippen LogP contribution in [0.3, 0.4) is 0 Å². The summed E-state index contributed by atoms with van der Waals surface area (Å²) < 4.78 is 0. The predicted molar refractivity (Wildman–Crippen MR) is 82.9 cm³/mol. The molecule has 4 heteroatoms. The second kappa shape index (κ2) is 6.75. The number of nitrogens with zero attached hydrogens (tertiary/aromatic N) is 1. The summed E-state index contributed by atoms with van der Waals surface area (Å²) in [5.41, 5.74) is 2.07. The molecule has 1 aliphatic rings. The van der Waals surface area contributed by atoms with Crippen molar-refractivity contribution in [1.82, 2.24) is 10.2 Å². The van der Waals surface area contributed by atoms with Gasteiger partial charge in [0.15, 0.2) is 0 Å². The van der Waals surface area contributed by atoms with Gasteiger partial charge in [-0.1, -0.05) is 26.0 Å². The van der Waals surface area contributed by atoms with E-state index in [9.17, 15) is 4.79 Å². The number of nitrogens with one attached hydrogen (secondary N) is 2. The maximum atomic E-state index is 12.2. The maximum absolute atomic E-state index is 12.2. The van der Waals surface area contributed by atoms with Crippen LogP contribution in [0.2, 0.25) is 0 Å². The molecule has 1 saturated heterocycles. The van der Waals surface area contributed by atoms with Gasteiger partial charge in [0.25, 0.3) is 0 Å². The number of anilines is 1. The van der Waals surface area contributed by atoms with Crippen molar-refractivity contribution in [2.75, 3.05) is 25.0 Å². The van der Waals surface area contributed by atoms with Crippen LogP contribution in [0.5, 0.6) is 0 Å². The molecule has 2 rings (SSSR count). The van der Waals surface area contributed by atoms with Gasteiger partial charge in [-0.15, -0.1) is 0 Å². The molecule has 0 spiro atoms. The van der Waals surface area contributed by atoms with Crippen molar-refractivity contribution in [2.24, 2.45) is 5.92 Å². The molecule has 2 unspecified atom stereocenters. The lowest BCUT2D eigenvalue weighted by Crippen LogP contribution is -2.32. The lowest BCUT2D eigenvalue weighted by molar-refractivity contribution is 0.221. The number of urea groups is 1. The number of likely N-dealkylation sites (tertiary alicyclic amines) is 1. The first-order chi connectivity index (χ1) is 9.60. The molecule has 110 valence electrons. The largest absolute Gasteiger partial charge is 0.324 e. The molecule has 4 nitrogen and oxygen atoms in total. The quantitative estimate of drug-likeness (QED) is 0.886. The predicted octanol–water partition coefficient (Wildman–Crippen LogP) is 3.23. The molecule has 0 bridgehead atoms. The van der Waals surface area contributed by atoms with Crippen molar-refractivity contribution >= 4 is 11.7 Å². The molecule has 0 radical (unpaired) electrons. The summed E-state index contributed by atoms with van der Waals surface area (Å²) in [6.45, 7) is 9.07. The molecular formula is C16H25N3O. The zero-order valence-electron chi connectivity index (χ0n) is 12.6. The maximum Gasteiger partial charge on any atom is 0.321 e. The van der Waals surface area contributed by atoms with E-state index in [1.54, 1.807) is 0 Å². The van der Waals surface area contributed by atoms with E-state index in [2.05, 4.69) is 37.5 Å². The van der Waals surface area contributed by atoms with Crippen LogP contribution < -0.4 is 10.6 Å². The topological polar surface area (TPSA) is 44.4 Å². The summed E-state index contributed by atoms with van der Waals surface area (Å²) in [6, 6.07) is 8.38. The Morgan fingerprint density at radius 3 is 2.95 bits per heavy atom. The molecule has 2 N–H and O–H groups in total. The first kappa shape index (κ1) is 14.9. The summed E-state index contributed by atoms with van der Waals surface area (Å²) >= 11 is 0. The molecule has 2 atom stereocenters. The number of hydrogen-bond donors (Lipinski definition) is 2. The number of hydrogen-bond acceptors (Lipinski definition) is 2. The Labute approximate surface area is 121 Å². The SMILES string of the molecule is CCNC(C)c1cccc(NC(=O)N2CCC(C)C2)c1. The Hall–Kier alpha value is -1.55. The van der Waals surface area contributed by atoms with Crippen LogP contribution in [0.4, 0.5) is 10.5 Å². The standard InChI is InChI=1S/C16H25N3O/c1-4-17-13(3)14-6-5-7-15(10-14)18-16(20)19-9-8-12(2)11-19/h5-7,10,12-13,17H,4,8-9,11H2,1-3H3,(H,18,20). The molecule has 0 aliphatic carbocycles. The fourth-order valence-electron chi connectivity index (χ4n) is 2.63. The third kappa shape index (κ3) is 3.73. The minimum atomic E-state index is 0.0163.